The van der Waals surface area contributed by atoms with E-state index in [4.69, 9.17) is 5.73 Å². The number of phenols is 1. The lowest BCUT2D eigenvalue weighted by Gasteiger charge is -2.52. The van der Waals surface area contributed by atoms with E-state index in [0.29, 0.717) is 16.7 Å². The summed E-state index contributed by atoms with van der Waals surface area (Å²) in [7, 11) is 2.97. The summed E-state index contributed by atoms with van der Waals surface area (Å²) in [5.74, 6) is -8.77. The molecule has 0 bridgehead atoms. The van der Waals surface area contributed by atoms with Crippen LogP contribution in [0, 0.1) is 11.8 Å². The zero-order valence-electron chi connectivity index (χ0n) is 20.5. The number of nitrogens with two attached hydrogens (primary N) is 1. The Morgan fingerprint density at radius 2 is 1.68 bits per heavy atom. The first-order valence-electron chi connectivity index (χ1n) is 11.8. The van der Waals surface area contributed by atoms with Crippen LogP contribution in [-0.2, 0) is 9.59 Å². The number of Topliss-reactive ketones (excluding diaryl/α,β-unsaturated/α-hetero) is 2. The van der Waals surface area contributed by atoms with E-state index < -0.39 is 75.5 Å². The number of likely N-dealkylation sites (N-methyl/N-ethyl adjacent to an activating group) is 1. The molecule has 10 nitrogen and oxygen atoms in total. The first kappa shape index (κ1) is 25.4. The van der Waals surface area contributed by atoms with Crippen LogP contribution in [0.25, 0.3) is 11.6 Å². The first-order valence-corrected chi connectivity index (χ1v) is 11.8. The summed E-state index contributed by atoms with van der Waals surface area (Å²) in [5.41, 5.74) is 2.08. The van der Waals surface area contributed by atoms with E-state index in [1.165, 1.54) is 31.1 Å². The summed E-state index contributed by atoms with van der Waals surface area (Å²) in [6, 6.07) is 12.0. The predicted octanol–water partition coefficient (Wildman–Crippen LogP) is 1.09. The standard InChI is InChI=1S/C28H26N2O8/c1-30(2)21-20-23(33)17-14(11-12-7-4-3-5-8-12)13-9-6-10-15(31)16(13)22(32)18(17)25(35)28(20,38)26(36)19(24(21)34)27(29)37/h3-11,17,20-21,23,31,33-35,38H,1-2H3,(H2,29,37)/b14-11+. The molecule has 5 rings (SSSR count). The Balaban J connectivity index is 1.87. The molecule has 1 amide bonds. The van der Waals surface area contributed by atoms with Gasteiger partial charge >= 0.3 is 0 Å². The lowest BCUT2D eigenvalue weighted by Crippen LogP contribution is -2.68. The van der Waals surface area contributed by atoms with Crippen molar-refractivity contribution < 1.29 is 39.9 Å². The second kappa shape index (κ2) is 8.66. The molecule has 0 aliphatic heterocycles. The number of primary amides is 1. The van der Waals surface area contributed by atoms with Crippen LogP contribution in [0.4, 0.5) is 0 Å². The van der Waals surface area contributed by atoms with Crippen molar-refractivity contribution in [2.45, 2.75) is 17.7 Å². The Morgan fingerprint density at radius 1 is 1.03 bits per heavy atom. The summed E-state index contributed by atoms with van der Waals surface area (Å²) in [5, 5.41) is 56.6. The molecule has 2 aromatic rings. The molecule has 0 fully saturated rings. The number of ketones is 2. The van der Waals surface area contributed by atoms with E-state index >= 15 is 0 Å². The van der Waals surface area contributed by atoms with Gasteiger partial charge in [-0.2, -0.15) is 0 Å². The third kappa shape index (κ3) is 3.27. The van der Waals surface area contributed by atoms with E-state index in [1.807, 2.05) is 0 Å². The molecule has 0 saturated heterocycles. The zero-order chi connectivity index (χ0) is 27.7. The maximum Gasteiger partial charge on any atom is 0.255 e. The van der Waals surface area contributed by atoms with Crippen molar-refractivity contribution in [1.29, 1.82) is 0 Å². The Hall–Kier alpha value is -4.25. The van der Waals surface area contributed by atoms with Crippen LogP contribution in [0.15, 0.2) is 71.2 Å². The maximum atomic E-state index is 13.7. The smallest absolute Gasteiger partial charge is 0.255 e. The molecule has 38 heavy (non-hydrogen) atoms. The summed E-state index contributed by atoms with van der Waals surface area (Å²) >= 11 is 0. The number of fused-ring (bicyclic) bond motifs is 3. The van der Waals surface area contributed by atoms with Gasteiger partial charge < -0.3 is 31.3 Å². The third-order valence-electron chi connectivity index (χ3n) is 7.65. The van der Waals surface area contributed by atoms with Gasteiger partial charge in [0.1, 0.15) is 22.8 Å². The first-order chi connectivity index (χ1) is 17.9. The fourth-order valence-electron chi connectivity index (χ4n) is 6.04. The number of aromatic hydroxyl groups is 1. The minimum atomic E-state index is -2.97. The van der Waals surface area contributed by atoms with Gasteiger partial charge in [0.25, 0.3) is 5.91 Å². The number of rotatable bonds is 3. The van der Waals surface area contributed by atoms with Crippen LogP contribution < -0.4 is 5.73 Å². The molecule has 5 unspecified atom stereocenters. The normalized spacial score (nSPS) is 29.9. The minimum absolute atomic E-state index is 0.178. The van der Waals surface area contributed by atoms with E-state index in [0.717, 1.165) is 0 Å². The second-order valence-corrected chi connectivity index (χ2v) is 9.92. The number of amides is 1. The quantitative estimate of drug-likeness (QED) is 0.324. The molecular weight excluding hydrogens is 492 g/mol. The van der Waals surface area contributed by atoms with Gasteiger partial charge in [0.2, 0.25) is 5.78 Å². The molecule has 10 heteroatoms. The minimum Gasteiger partial charge on any atom is -0.510 e. The number of aliphatic hydroxyl groups excluding tert-OH is 3. The fraction of sp³-hybridized carbons (Fsp3) is 0.250. The zero-order valence-corrected chi connectivity index (χ0v) is 20.5. The molecule has 7 N–H and O–H groups in total. The molecule has 3 aliphatic carbocycles. The molecule has 2 aromatic carbocycles. The largest absolute Gasteiger partial charge is 0.510 e. The summed E-state index contributed by atoms with van der Waals surface area (Å²) in [6.07, 6.45) is -0.0379. The van der Waals surface area contributed by atoms with Gasteiger partial charge in [-0.3, -0.25) is 19.3 Å². The van der Waals surface area contributed by atoms with Gasteiger partial charge in [-0.25, -0.2) is 0 Å². The highest BCUT2D eigenvalue weighted by molar-refractivity contribution is 6.25. The van der Waals surface area contributed by atoms with Crippen LogP contribution in [-0.4, -0.2) is 79.7 Å². The van der Waals surface area contributed by atoms with Gasteiger partial charge in [0.15, 0.2) is 11.4 Å². The van der Waals surface area contributed by atoms with Crippen molar-refractivity contribution in [3.05, 3.63) is 87.9 Å². The molecule has 0 spiro atoms. The van der Waals surface area contributed by atoms with Crippen molar-refractivity contribution in [1.82, 2.24) is 4.90 Å². The van der Waals surface area contributed by atoms with Gasteiger partial charge in [0, 0.05) is 5.92 Å². The van der Waals surface area contributed by atoms with Crippen LogP contribution in [0.2, 0.25) is 0 Å². The maximum absolute atomic E-state index is 13.7. The van der Waals surface area contributed by atoms with Crippen LogP contribution in [0.1, 0.15) is 21.5 Å². The molecule has 3 aliphatic rings. The molecule has 0 radical (unpaired) electrons. The number of carbonyl (C=O) groups excluding carboxylic acids is 3. The van der Waals surface area contributed by atoms with Crippen molar-refractivity contribution in [2.24, 2.45) is 17.6 Å². The highest BCUT2D eigenvalue weighted by Crippen LogP contribution is 2.55. The van der Waals surface area contributed by atoms with Crippen LogP contribution in [0.5, 0.6) is 5.75 Å². The number of nitrogens with zero attached hydrogens (tertiary/aromatic N) is 1. The molecule has 0 heterocycles. The number of hydrogen-bond acceptors (Lipinski definition) is 9. The molecular formula is C28H26N2O8. The van der Waals surface area contributed by atoms with Gasteiger partial charge in [0.05, 0.1) is 29.2 Å². The average molecular weight is 519 g/mol. The molecule has 0 saturated carbocycles. The van der Waals surface area contributed by atoms with Crippen LogP contribution in [0.3, 0.4) is 0 Å². The number of phenolic OH excluding ortho intramolecular Hbond substituents is 1. The molecule has 0 aromatic heterocycles. The highest BCUT2D eigenvalue weighted by Gasteiger charge is 2.67. The number of aliphatic hydroxyl groups is 4. The number of hydrogen-bond donors (Lipinski definition) is 6. The highest BCUT2D eigenvalue weighted by atomic mass is 16.4. The van der Waals surface area contributed by atoms with E-state index in [2.05, 4.69) is 0 Å². The summed E-state index contributed by atoms with van der Waals surface area (Å²) in [6.45, 7) is 0. The van der Waals surface area contributed by atoms with Crippen molar-refractivity contribution in [3.63, 3.8) is 0 Å². The third-order valence-corrected chi connectivity index (χ3v) is 7.65. The van der Waals surface area contributed by atoms with E-state index in [-0.39, 0.29) is 5.56 Å². The van der Waals surface area contributed by atoms with Crippen molar-refractivity contribution >= 4 is 29.1 Å². The Morgan fingerprint density at radius 3 is 2.29 bits per heavy atom. The lowest BCUT2D eigenvalue weighted by molar-refractivity contribution is -0.159. The molecule has 5 atom stereocenters. The van der Waals surface area contributed by atoms with Gasteiger partial charge in [-0.15, -0.1) is 0 Å². The lowest BCUT2D eigenvalue weighted by atomic mass is 9.56. The van der Waals surface area contributed by atoms with Gasteiger partial charge in [-0.1, -0.05) is 48.5 Å². The van der Waals surface area contributed by atoms with Crippen LogP contribution >= 0.6 is 0 Å². The van der Waals surface area contributed by atoms with Crippen molar-refractivity contribution in [3.8, 4) is 5.75 Å². The second-order valence-electron chi connectivity index (χ2n) is 9.92. The van der Waals surface area contributed by atoms with E-state index in [1.54, 1.807) is 42.5 Å². The summed E-state index contributed by atoms with van der Waals surface area (Å²) < 4.78 is 0. The average Bonchev–Trinajstić information content (AvgIpc) is 2.86. The SMILES string of the molecule is CN(C)C1C(O)=C(C(N)=O)C(=O)C2(O)C(O)=C3C(=O)c4c(O)cccc4/C(=C\c4ccccc4)C3C(O)C12. The predicted molar refractivity (Wildman–Crippen MR) is 136 cm³/mol. The summed E-state index contributed by atoms with van der Waals surface area (Å²) in [4.78, 5) is 40.7. The Labute approximate surface area is 217 Å². The molecule has 196 valence electrons. The number of benzene rings is 2. The Bertz CT molecular complexity index is 1490. The van der Waals surface area contributed by atoms with Gasteiger partial charge in [-0.05, 0) is 36.9 Å². The monoisotopic (exact) mass is 518 g/mol. The topological polar surface area (TPSA) is 182 Å². The Kier molecular flexibility index (Phi) is 5.79. The fourth-order valence-corrected chi connectivity index (χ4v) is 6.04. The number of carbonyl (C=O) groups is 3. The van der Waals surface area contributed by atoms with Crippen molar-refractivity contribution in [2.75, 3.05) is 14.1 Å². The van der Waals surface area contributed by atoms with E-state index in [9.17, 15) is 39.9 Å².